The van der Waals surface area contributed by atoms with Crippen molar-refractivity contribution < 1.29 is 14.5 Å². The lowest BCUT2D eigenvalue weighted by atomic mass is 9.91. The fourth-order valence-corrected chi connectivity index (χ4v) is 2.97. The maximum Gasteiger partial charge on any atom is 0.269 e. The normalized spacial score (nSPS) is 11.1. The number of hydrogen-bond donors (Lipinski definition) is 0. The summed E-state index contributed by atoms with van der Waals surface area (Å²) < 4.78 is 5.20. The minimum Gasteiger partial charge on any atom is -0.497 e. The van der Waals surface area contributed by atoms with E-state index in [2.05, 4.69) is 0 Å². The molecule has 0 fully saturated rings. The fourth-order valence-electron chi connectivity index (χ4n) is 2.97. The summed E-state index contributed by atoms with van der Waals surface area (Å²) >= 11 is 0. The molecular formula is C23H19NO4. The number of rotatable bonds is 6. The van der Waals surface area contributed by atoms with E-state index in [-0.39, 0.29) is 11.5 Å². The molecule has 5 heteroatoms. The lowest BCUT2D eigenvalue weighted by Gasteiger charge is -2.13. The van der Waals surface area contributed by atoms with Crippen molar-refractivity contribution in [2.45, 2.75) is 6.92 Å². The number of ketones is 1. The lowest BCUT2D eigenvalue weighted by molar-refractivity contribution is -0.384. The van der Waals surface area contributed by atoms with E-state index in [4.69, 9.17) is 4.74 Å². The van der Waals surface area contributed by atoms with E-state index in [0.29, 0.717) is 5.56 Å². The average molecular weight is 373 g/mol. The number of carbonyl (C=O) groups is 1. The third-order valence-electron chi connectivity index (χ3n) is 4.41. The van der Waals surface area contributed by atoms with Crippen molar-refractivity contribution in [2.24, 2.45) is 0 Å². The van der Waals surface area contributed by atoms with Gasteiger partial charge in [0, 0.05) is 17.7 Å². The fraction of sp³-hybridized carbons (Fsp3) is 0.0870. The number of hydrogen-bond acceptors (Lipinski definition) is 4. The van der Waals surface area contributed by atoms with Crippen LogP contribution in [0, 0.1) is 10.1 Å². The molecule has 0 aliphatic heterocycles. The first-order chi connectivity index (χ1) is 13.5. The van der Waals surface area contributed by atoms with Gasteiger partial charge in [-0.1, -0.05) is 36.4 Å². The Morgan fingerprint density at radius 2 is 1.54 bits per heavy atom. The van der Waals surface area contributed by atoms with Crippen LogP contribution in [0.2, 0.25) is 0 Å². The van der Waals surface area contributed by atoms with Crippen molar-refractivity contribution >= 4 is 23.1 Å². The summed E-state index contributed by atoms with van der Waals surface area (Å²) in [5, 5.41) is 11.0. The molecule has 0 spiro atoms. The second-order valence-electron chi connectivity index (χ2n) is 6.24. The first-order valence-corrected chi connectivity index (χ1v) is 8.70. The summed E-state index contributed by atoms with van der Waals surface area (Å²) in [7, 11) is 1.61. The van der Waals surface area contributed by atoms with Crippen LogP contribution in [0.15, 0.2) is 72.8 Å². The second-order valence-corrected chi connectivity index (χ2v) is 6.24. The monoisotopic (exact) mass is 373 g/mol. The molecule has 0 amide bonds. The van der Waals surface area contributed by atoms with Gasteiger partial charge in [-0.2, -0.15) is 0 Å². The molecule has 0 radical (unpaired) electrons. The number of ether oxygens (including phenoxy) is 1. The number of carbonyl (C=O) groups excluding carboxylic acids is 1. The Balaban J connectivity index is 2.17. The van der Waals surface area contributed by atoms with Crippen molar-refractivity contribution in [3.63, 3.8) is 0 Å². The Morgan fingerprint density at radius 1 is 0.929 bits per heavy atom. The van der Waals surface area contributed by atoms with Crippen LogP contribution in [0.3, 0.4) is 0 Å². The van der Waals surface area contributed by atoms with Gasteiger partial charge in [0.2, 0.25) is 0 Å². The summed E-state index contributed by atoms with van der Waals surface area (Å²) in [5.74, 6) is 0.705. The molecule has 3 rings (SSSR count). The van der Waals surface area contributed by atoms with Gasteiger partial charge in [0.25, 0.3) is 5.69 Å². The molecule has 0 aliphatic carbocycles. The van der Waals surface area contributed by atoms with Crippen molar-refractivity contribution in [3.8, 4) is 5.75 Å². The number of nitrogens with zero attached hydrogens (tertiary/aromatic N) is 1. The summed E-state index contributed by atoms with van der Waals surface area (Å²) in [5.41, 5.74) is 3.92. The maximum absolute atomic E-state index is 12.1. The van der Waals surface area contributed by atoms with E-state index in [1.807, 2.05) is 48.5 Å². The molecular weight excluding hydrogens is 354 g/mol. The highest BCUT2D eigenvalue weighted by atomic mass is 16.6. The second kappa shape index (κ2) is 8.31. The van der Waals surface area contributed by atoms with Gasteiger partial charge in [0.05, 0.1) is 12.0 Å². The van der Waals surface area contributed by atoms with Crippen molar-refractivity contribution in [3.05, 3.63) is 105 Å². The van der Waals surface area contributed by atoms with Gasteiger partial charge in [-0.25, -0.2) is 0 Å². The van der Waals surface area contributed by atoms with E-state index in [9.17, 15) is 14.9 Å². The van der Waals surface area contributed by atoms with Crippen LogP contribution in [-0.4, -0.2) is 17.8 Å². The van der Waals surface area contributed by atoms with E-state index in [1.54, 1.807) is 25.3 Å². The van der Waals surface area contributed by atoms with Gasteiger partial charge in [-0.05, 0) is 59.5 Å². The zero-order valence-corrected chi connectivity index (χ0v) is 15.6. The van der Waals surface area contributed by atoms with Gasteiger partial charge in [-0.3, -0.25) is 14.9 Å². The third-order valence-corrected chi connectivity index (χ3v) is 4.41. The molecule has 0 unspecified atom stereocenters. The average Bonchev–Trinajstić information content (AvgIpc) is 2.72. The molecule has 0 saturated heterocycles. The largest absolute Gasteiger partial charge is 0.497 e. The SMILES string of the molecule is COc1ccc(C=C(c2ccc([N+](=O)[O-])cc2)c2ccccc2C(C)=O)cc1. The number of benzene rings is 3. The van der Waals surface area contributed by atoms with Crippen LogP contribution in [-0.2, 0) is 0 Å². The topological polar surface area (TPSA) is 69.4 Å². The standard InChI is InChI=1S/C23H19NO4/c1-16(25)21-5-3-4-6-22(21)23(15-17-7-13-20(28-2)14-8-17)18-9-11-19(12-10-18)24(26)27/h3-15H,1-2H3. The molecule has 5 nitrogen and oxygen atoms in total. The minimum atomic E-state index is -0.430. The minimum absolute atomic E-state index is 0.0207. The van der Waals surface area contributed by atoms with Gasteiger partial charge in [-0.15, -0.1) is 0 Å². The number of nitro benzene ring substituents is 1. The van der Waals surface area contributed by atoms with Gasteiger partial charge in [0.1, 0.15) is 5.75 Å². The number of nitro groups is 1. The zero-order valence-electron chi connectivity index (χ0n) is 15.6. The first-order valence-electron chi connectivity index (χ1n) is 8.70. The molecule has 3 aromatic carbocycles. The Hall–Kier alpha value is -3.73. The molecule has 0 N–H and O–H groups in total. The lowest BCUT2D eigenvalue weighted by Crippen LogP contribution is -2.00. The van der Waals surface area contributed by atoms with E-state index in [0.717, 1.165) is 28.0 Å². The molecule has 0 aliphatic rings. The Labute approximate surface area is 163 Å². The van der Waals surface area contributed by atoms with Crippen LogP contribution in [0.1, 0.15) is 34.0 Å². The molecule has 0 heterocycles. The Bertz CT molecular complexity index is 1030. The molecule has 0 aromatic heterocycles. The van der Waals surface area contributed by atoms with Crippen LogP contribution < -0.4 is 4.74 Å². The maximum atomic E-state index is 12.1. The van der Waals surface area contributed by atoms with Crippen molar-refractivity contribution in [1.29, 1.82) is 0 Å². The smallest absolute Gasteiger partial charge is 0.269 e. The van der Waals surface area contributed by atoms with Crippen LogP contribution >= 0.6 is 0 Å². The predicted octanol–water partition coefficient (Wildman–Crippen LogP) is 5.39. The highest BCUT2D eigenvalue weighted by Crippen LogP contribution is 2.30. The van der Waals surface area contributed by atoms with Gasteiger partial charge in [0.15, 0.2) is 5.78 Å². The molecule has 0 bridgehead atoms. The van der Waals surface area contributed by atoms with Crippen LogP contribution in [0.5, 0.6) is 5.75 Å². The summed E-state index contributed by atoms with van der Waals surface area (Å²) in [4.78, 5) is 22.7. The summed E-state index contributed by atoms with van der Waals surface area (Å²) in [6.07, 6.45) is 1.96. The molecule has 28 heavy (non-hydrogen) atoms. The molecule has 0 atom stereocenters. The van der Waals surface area contributed by atoms with Crippen LogP contribution in [0.4, 0.5) is 5.69 Å². The zero-order chi connectivity index (χ0) is 20.1. The van der Waals surface area contributed by atoms with Crippen LogP contribution in [0.25, 0.3) is 11.6 Å². The summed E-state index contributed by atoms with van der Waals surface area (Å²) in [6.45, 7) is 1.53. The first kappa shape index (κ1) is 19.0. The molecule has 3 aromatic rings. The third kappa shape index (κ3) is 4.15. The van der Waals surface area contributed by atoms with Crippen molar-refractivity contribution in [2.75, 3.05) is 7.11 Å². The van der Waals surface area contributed by atoms with Gasteiger partial charge < -0.3 is 4.74 Å². The number of non-ortho nitro benzene ring substituents is 1. The Kier molecular flexibility index (Phi) is 5.65. The highest BCUT2D eigenvalue weighted by molar-refractivity contribution is 6.03. The van der Waals surface area contributed by atoms with E-state index in [1.165, 1.54) is 19.1 Å². The summed E-state index contributed by atoms with van der Waals surface area (Å²) in [6, 6.07) is 21.2. The Morgan fingerprint density at radius 3 is 2.07 bits per heavy atom. The molecule has 0 saturated carbocycles. The van der Waals surface area contributed by atoms with Crippen molar-refractivity contribution in [1.82, 2.24) is 0 Å². The highest BCUT2D eigenvalue weighted by Gasteiger charge is 2.14. The predicted molar refractivity (Wildman–Crippen MR) is 110 cm³/mol. The number of Topliss-reactive ketones (excluding diaryl/α,β-unsaturated/α-hetero) is 1. The number of methoxy groups -OCH3 is 1. The van der Waals surface area contributed by atoms with E-state index < -0.39 is 4.92 Å². The van der Waals surface area contributed by atoms with Gasteiger partial charge >= 0.3 is 0 Å². The molecule has 140 valence electrons. The van der Waals surface area contributed by atoms with E-state index >= 15 is 0 Å². The quantitative estimate of drug-likeness (QED) is 0.251.